The minimum atomic E-state index is -0.202. The summed E-state index contributed by atoms with van der Waals surface area (Å²) in [5, 5.41) is 0. The average molecular weight is 336 g/mol. The summed E-state index contributed by atoms with van der Waals surface area (Å²) >= 11 is 3.54. The molecule has 0 aliphatic rings. The highest BCUT2D eigenvalue weighted by molar-refractivity contribution is 9.10. The zero-order valence-electron chi connectivity index (χ0n) is 11.8. The molecule has 0 fully saturated rings. The molecule has 1 atom stereocenters. The number of benzene rings is 2. The third kappa shape index (κ3) is 2.81. The van der Waals surface area contributed by atoms with E-state index in [1.807, 2.05) is 36.4 Å². The van der Waals surface area contributed by atoms with E-state index in [1.165, 1.54) is 0 Å². The third-order valence-corrected chi connectivity index (χ3v) is 4.27. The SMILES string of the molecule is COc1ccc(C(N)c2cccc(Br)c2C)cc1OC. The van der Waals surface area contributed by atoms with Crippen molar-refractivity contribution in [2.75, 3.05) is 14.2 Å². The molecule has 2 aromatic carbocycles. The second kappa shape index (κ2) is 6.29. The molecule has 2 rings (SSSR count). The molecule has 0 aliphatic carbocycles. The normalized spacial score (nSPS) is 12.1. The highest BCUT2D eigenvalue weighted by atomic mass is 79.9. The largest absolute Gasteiger partial charge is 0.493 e. The zero-order valence-corrected chi connectivity index (χ0v) is 13.4. The molecule has 0 saturated heterocycles. The number of nitrogens with two attached hydrogens (primary N) is 1. The second-order valence-electron chi connectivity index (χ2n) is 4.55. The van der Waals surface area contributed by atoms with Gasteiger partial charge in [0.25, 0.3) is 0 Å². The Morgan fingerprint density at radius 3 is 2.40 bits per heavy atom. The number of hydrogen-bond donors (Lipinski definition) is 1. The first-order chi connectivity index (χ1) is 9.58. The van der Waals surface area contributed by atoms with Gasteiger partial charge in [-0.2, -0.15) is 0 Å². The van der Waals surface area contributed by atoms with Crippen molar-refractivity contribution in [2.45, 2.75) is 13.0 Å². The fraction of sp³-hybridized carbons (Fsp3) is 0.250. The Kier molecular flexibility index (Phi) is 4.68. The van der Waals surface area contributed by atoms with Gasteiger partial charge in [-0.15, -0.1) is 0 Å². The summed E-state index contributed by atoms with van der Waals surface area (Å²) < 4.78 is 11.6. The molecule has 20 heavy (non-hydrogen) atoms. The molecular weight excluding hydrogens is 318 g/mol. The Bertz CT molecular complexity index is 613. The van der Waals surface area contributed by atoms with Crippen molar-refractivity contribution in [3.63, 3.8) is 0 Å². The lowest BCUT2D eigenvalue weighted by Crippen LogP contribution is -2.13. The molecule has 0 aliphatic heterocycles. The molecule has 106 valence electrons. The summed E-state index contributed by atoms with van der Waals surface area (Å²) in [4.78, 5) is 0. The minimum Gasteiger partial charge on any atom is -0.493 e. The number of ether oxygens (including phenoxy) is 2. The first kappa shape index (κ1) is 14.9. The van der Waals surface area contributed by atoms with Gasteiger partial charge in [-0.25, -0.2) is 0 Å². The molecule has 0 amide bonds. The maximum absolute atomic E-state index is 6.38. The Balaban J connectivity index is 2.43. The lowest BCUT2D eigenvalue weighted by atomic mass is 9.95. The molecule has 2 aromatic rings. The van der Waals surface area contributed by atoms with Crippen molar-refractivity contribution in [3.8, 4) is 11.5 Å². The van der Waals surface area contributed by atoms with Gasteiger partial charge in [-0.3, -0.25) is 0 Å². The first-order valence-electron chi connectivity index (χ1n) is 6.31. The minimum absolute atomic E-state index is 0.202. The van der Waals surface area contributed by atoms with Gasteiger partial charge in [0.05, 0.1) is 20.3 Å². The first-order valence-corrected chi connectivity index (χ1v) is 7.10. The Morgan fingerprint density at radius 1 is 1.05 bits per heavy atom. The molecule has 0 heterocycles. The van der Waals surface area contributed by atoms with Crippen molar-refractivity contribution in [1.82, 2.24) is 0 Å². The van der Waals surface area contributed by atoms with E-state index in [0.29, 0.717) is 11.5 Å². The van der Waals surface area contributed by atoms with Gasteiger partial charge in [-0.1, -0.05) is 34.1 Å². The van der Waals surface area contributed by atoms with Crippen LogP contribution in [0, 0.1) is 6.92 Å². The average Bonchev–Trinajstić information content (AvgIpc) is 2.48. The maximum atomic E-state index is 6.38. The highest BCUT2D eigenvalue weighted by Gasteiger charge is 2.15. The van der Waals surface area contributed by atoms with Gasteiger partial charge in [0.15, 0.2) is 11.5 Å². The molecule has 2 N–H and O–H groups in total. The summed E-state index contributed by atoms with van der Waals surface area (Å²) in [7, 11) is 3.24. The van der Waals surface area contributed by atoms with E-state index in [0.717, 1.165) is 21.2 Å². The maximum Gasteiger partial charge on any atom is 0.161 e. The third-order valence-electron chi connectivity index (χ3n) is 3.41. The topological polar surface area (TPSA) is 44.5 Å². The smallest absolute Gasteiger partial charge is 0.161 e. The molecule has 0 radical (unpaired) electrons. The van der Waals surface area contributed by atoms with E-state index in [-0.39, 0.29) is 6.04 Å². The van der Waals surface area contributed by atoms with Crippen LogP contribution in [0.4, 0.5) is 0 Å². The van der Waals surface area contributed by atoms with Crippen molar-refractivity contribution in [1.29, 1.82) is 0 Å². The fourth-order valence-electron chi connectivity index (χ4n) is 2.19. The monoisotopic (exact) mass is 335 g/mol. The zero-order chi connectivity index (χ0) is 14.7. The second-order valence-corrected chi connectivity index (χ2v) is 5.40. The van der Waals surface area contributed by atoms with E-state index in [4.69, 9.17) is 15.2 Å². The van der Waals surface area contributed by atoms with E-state index >= 15 is 0 Å². The van der Waals surface area contributed by atoms with Crippen LogP contribution in [0.2, 0.25) is 0 Å². The van der Waals surface area contributed by atoms with Gasteiger partial charge in [0.2, 0.25) is 0 Å². The number of rotatable bonds is 4. The fourth-order valence-corrected chi connectivity index (χ4v) is 2.57. The van der Waals surface area contributed by atoms with Crippen LogP contribution in [0.1, 0.15) is 22.7 Å². The van der Waals surface area contributed by atoms with Crippen molar-refractivity contribution < 1.29 is 9.47 Å². The number of halogens is 1. The summed E-state index contributed by atoms with van der Waals surface area (Å²) in [6.45, 7) is 2.06. The molecule has 3 nitrogen and oxygen atoms in total. The lowest BCUT2D eigenvalue weighted by Gasteiger charge is -2.18. The molecule has 0 bridgehead atoms. The van der Waals surface area contributed by atoms with Gasteiger partial charge in [0, 0.05) is 4.47 Å². The standard InChI is InChI=1S/C16H18BrNO2/c1-10-12(5-4-6-13(10)17)16(18)11-7-8-14(19-2)15(9-11)20-3/h4-9,16H,18H2,1-3H3. The summed E-state index contributed by atoms with van der Waals surface area (Å²) in [5.74, 6) is 1.39. The Hall–Kier alpha value is -1.52. The van der Waals surface area contributed by atoms with E-state index in [1.54, 1.807) is 14.2 Å². The van der Waals surface area contributed by atoms with Crippen LogP contribution in [-0.4, -0.2) is 14.2 Å². The van der Waals surface area contributed by atoms with Crippen LogP contribution in [0.25, 0.3) is 0 Å². The van der Waals surface area contributed by atoms with Gasteiger partial charge in [0.1, 0.15) is 0 Å². The molecular formula is C16H18BrNO2. The summed E-state index contributed by atoms with van der Waals surface area (Å²) in [5.41, 5.74) is 9.61. The molecule has 1 unspecified atom stereocenters. The highest BCUT2D eigenvalue weighted by Crippen LogP contribution is 2.33. The van der Waals surface area contributed by atoms with E-state index < -0.39 is 0 Å². The van der Waals surface area contributed by atoms with Crippen LogP contribution < -0.4 is 15.2 Å². The van der Waals surface area contributed by atoms with Gasteiger partial charge < -0.3 is 15.2 Å². The van der Waals surface area contributed by atoms with Crippen LogP contribution in [0.15, 0.2) is 40.9 Å². The number of hydrogen-bond acceptors (Lipinski definition) is 3. The quantitative estimate of drug-likeness (QED) is 0.923. The predicted molar refractivity (Wildman–Crippen MR) is 84.5 cm³/mol. The van der Waals surface area contributed by atoms with Crippen molar-refractivity contribution >= 4 is 15.9 Å². The van der Waals surface area contributed by atoms with Gasteiger partial charge >= 0.3 is 0 Å². The predicted octanol–water partition coefficient (Wildman–Crippen LogP) is 3.82. The molecule has 0 aromatic heterocycles. The molecule has 4 heteroatoms. The lowest BCUT2D eigenvalue weighted by molar-refractivity contribution is 0.354. The Morgan fingerprint density at radius 2 is 1.75 bits per heavy atom. The van der Waals surface area contributed by atoms with Crippen LogP contribution in [-0.2, 0) is 0 Å². The van der Waals surface area contributed by atoms with Crippen molar-refractivity contribution in [2.24, 2.45) is 5.73 Å². The van der Waals surface area contributed by atoms with E-state index in [9.17, 15) is 0 Å². The molecule has 0 spiro atoms. The summed E-state index contributed by atoms with van der Waals surface area (Å²) in [6.07, 6.45) is 0. The van der Waals surface area contributed by atoms with Crippen LogP contribution in [0.3, 0.4) is 0 Å². The van der Waals surface area contributed by atoms with Crippen LogP contribution in [0.5, 0.6) is 11.5 Å². The summed E-state index contributed by atoms with van der Waals surface area (Å²) in [6, 6.07) is 11.6. The number of methoxy groups -OCH3 is 2. The Labute approximate surface area is 127 Å². The van der Waals surface area contributed by atoms with E-state index in [2.05, 4.69) is 22.9 Å². The molecule has 0 saturated carbocycles. The van der Waals surface area contributed by atoms with Gasteiger partial charge in [-0.05, 0) is 41.8 Å². The van der Waals surface area contributed by atoms with Crippen molar-refractivity contribution in [3.05, 3.63) is 57.6 Å². The van der Waals surface area contributed by atoms with Crippen LogP contribution >= 0.6 is 15.9 Å².